The molecule has 30 heavy (non-hydrogen) atoms. The number of rotatable bonds is 7. The maximum Gasteiger partial charge on any atom is 0.262 e. The zero-order valence-corrected chi connectivity index (χ0v) is 17.5. The summed E-state index contributed by atoms with van der Waals surface area (Å²) >= 11 is 11.8. The first-order valence-electron chi connectivity index (χ1n) is 9.35. The van der Waals surface area contributed by atoms with Crippen LogP contribution in [0.25, 0.3) is 16.8 Å². The van der Waals surface area contributed by atoms with Crippen LogP contribution in [0.1, 0.15) is 18.4 Å². The van der Waals surface area contributed by atoms with Gasteiger partial charge in [-0.25, -0.2) is 0 Å². The number of carbonyl (C=O) groups is 2. The minimum absolute atomic E-state index is 0.193. The fourth-order valence-electron chi connectivity index (χ4n) is 2.80. The number of carbonyl (C=O) groups excluding carboxylic acids is 2. The molecule has 0 radical (unpaired) electrons. The Kier molecular flexibility index (Phi) is 7.71. The maximum absolute atomic E-state index is 12.0. The van der Waals surface area contributed by atoms with E-state index < -0.39 is 5.91 Å². The van der Waals surface area contributed by atoms with Crippen molar-refractivity contribution in [2.45, 2.75) is 12.8 Å². The molecule has 5 nitrogen and oxygen atoms in total. The molecule has 7 heteroatoms. The van der Waals surface area contributed by atoms with Crippen molar-refractivity contribution in [2.75, 3.05) is 6.61 Å². The Hall–Kier alpha value is -3.02. The van der Waals surface area contributed by atoms with Gasteiger partial charge >= 0.3 is 0 Å². The Labute approximate surface area is 184 Å². The quantitative estimate of drug-likeness (QED) is 0.301. The summed E-state index contributed by atoms with van der Waals surface area (Å²) in [5.74, 6) is -0.221. The molecule has 0 aliphatic carbocycles. The van der Waals surface area contributed by atoms with E-state index in [1.165, 1.54) is 6.08 Å². The Balaban J connectivity index is 1.40. The molecule has 0 saturated carbocycles. The Bertz CT molecular complexity index is 1080. The number of benzene rings is 3. The normalized spacial score (nSPS) is 10.9. The van der Waals surface area contributed by atoms with Crippen molar-refractivity contribution in [1.82, 2.24) is 10.9 Å². The standard InChI is InChI=1S/C23H20Cl2N2O3/c24-18-11-12-21(20(25)15-18)30-14-4-9-22(28)26-27-23(29)13-10-17-7-3-6-16-5-1-2-8-19(16)17/h1-3,5-8,10-13,15H,4,9,14H2,(H,26,28)(H,27,29). The highest BCUT2D eigenvalue weighted by molar-refractivity contribution is 6.35. The summed E-state index contributed by atoms with van der Waals surface area (Å²) < 4.78 is 5.52. The highest BCUT2D eigenvalue weighted by Crippen LogP contribution is 2.27. The van der Waals surface area contributed by atoms with Gasteiger partial charge < -0.3 is 4.74 Å². The predicted octanol–water partition coefficient (Wildman–Crippen LogP) is 5.17. The SMILES string of the molecule is O=C(C=Cc1cccc2ccccc12)NNC(=O)CCCOc1ccc(Cl)cc1Cl. The molecule has 3 aromatic rings. The van der Waals surface area contributed by atoms with Crippen LogP contribution in [0.3, 0.4) is 0 Å². The molecule has 0 heterocycles. The number of fused-ring (bicyclic) bond motifs is 1. The summed E-state index contributed by atoms with van der Waals surface area (Å²) in [5, 5.41) is 3.08. The Morgan fingerprint density at radius 1 is 0.967 bits per heavy atom. The van der Waals surface area contributed by atoms with Crippen LogP contribution in [0.5, 0.6) is 5.75 Å². The minimum atomic E-state index is -0.416. The zero-order valence-electron chi connectivity index (χ0n) is 16.0. The van der Waals surface area contributed by atoms with Gasteiger partial charge in [0.25, 0.3) is 5.91 Å². The van der Waals surface area contributed by atoms with Gasteiger partial charge in [-0.2, -0.15) is 0 Å². The van der Waals surface area contributed by atoms with Gasteiger partial charge in [0, 0.05) is 17.5 Å². The van der Waals surface area contributed by atoms with E-state index in [9.17, 15) is 9.59 Å². The molecule has 154 valence electrons. The number of hydrogen-bond donors (Lipinski definition) is 2. The summed E-state index contributed by atoms with van der Waals surface area (Å²) in [5.41, 5.74) is 5.68. The van der Waals surface area contributed by atoms with E-state index in [1.54, 1.807) is 24.3 Å². The first-order valence-corrected chi connectivity index (χ1v) is 10.1. The van der Waals surface area contributed by atoms with Crippen molar-refractivity contribution in [2.24, 2.45) is 0 Å². The van der Waals surface area contributed by atoms with E-state index >= 15 is 0 Å². The third kappa shape index (κ3) is 6.24. The molecule has 0 aromatic heterocycles. The van der Waals surface area contributed by atoms with Crippen LogP contribution in [0, 0.1) is 0 Å². The largest absolute Gasteiger partial charge is 0.492 e. The van der Waals surface area contributed by atoms with Gasteiger partial charge in [0.05, 0.1) is 11.6 Å². The van der Waals surface area contributed by atoms with Crippen LogP contribution in [-0.4, -0.2) is 18.4 Å². The van der Waals surface area contributed by atoms with Crippen molar-refractivity contribution >= 4 is 51.9 Å². The first kappa shape index (κ1) is 21.7. The molecule has 3 aromatic carbocycles. The van der Waals surface area contributed by atoms with Gasteiger partial charge in [-0.05, 0) is 47.0 Å². The van der Waals surface area contributed by atoms with Crippen LogP contribution < -0.4 is 15.6 Å². The summed E-state index contributed by atoms with van der Waals surface area (Å²) in [7, 11) is 0. The van der Waals surface area contributed by atoms with Gasteiger partial charge in [0.1, 0.15) is 5.75 Å². The molecule has 0 unspecified atom stereocenters. The molecular weight excluding hydrogens is 423 g/mol. The third-order valence-electron chi connectivity index (χ3n) is 4.26. The second-order valence-electron chi connectivity index (χ2n) is 6.47. The average molecular weight is 443 g/mol. The van der Waals surface area contributed by atoms with Gasteiger partial charge in [-0.15, -0.1) is 0 Å². The van der Waals surface area contributed by atoms with Crippen LogP contribution in [0.2, 0.25) is 10.0 Å². The Morgan fingerprint density at radius 3 is 2.60 bits per heavy atom. The van der Waals surface area contributed by atoms with Crippen LogP contribution in [0.4, 0.5) is 0 Å². The fourth-order valence-corrected chi connectivity index (χ4v) is 3.27. The summed E-state index contributed by atoms with van der Waals surface area (Å²) in [6.45, 7) is 0.309. The lowest BCUT2D eigenvalue weighted by atomic mass is 10.0. The van der Waals surface area contributed by atoms with E-state index in [2.05, 4.69) is 10.9 Å². The monoisotopic (exact) mass is 442 g/mol. The highest BCUT2D eigenvalue weighted by Gasteiger charge is 2.05. The Morgan fingerprint density at radius 2 is 1.77 bits per heavy atom. The molecule has 0 saturated heterocycles. The molecule has 2 amide bonds. The maximum atomic E-state index is 12.0. The van der Waals surface area contributed by atoms with Crippen LogP contribution in [-0.2, 0) is 9.59 Å². The fraction of sp³-hybridized carbons (Fsp3) is 0.130. The summed E-state index contributed by atoms with van der Waals surface area (Å²) in [6, 6.07) is 18.7. The molecule has 0 fully saturated rings. The second kappa shape index (κ2) is 10.7. The number of halogens is 2. The van der Waals surface area contributed by atoms with Crippen molar-refractivity contribution in [3.8, 4) is 5.75 Å². The van der Waals surface area contributed by atoms with E-state index in [0.29, 0.717) is 28.8 Å². The lowest BCUT2D eigenvalue weighted by molar-refractivity contribution is -0.126. The summed E-state index contributed by atoms with van der Waals surface area (Å²) in [4.78, 5) is 23.8. The second-order valence-corrected chi connectivity index (χ2v) is 7.31. The minimum Gasteiger partial charge on any atom is -0.492 e. The number of nitrogens with one attached hydrogen (secondary N) is 2. The lowest BCUT2D eigenvalue weighted by Crippen LogP contribution is -2.40. The van der Waals surface area contributed by atoms with Gasteiger partial charge in [-0.3, -0.25) is 20.4 Å². The molecule has 2 N–H and O–H groups in total. The molecule has 0 aliphatic heterocycles. The van der Waals surface area contributed by atoms with E-state index in [-0.39, 0.29) is 12.3 Å². The first-order chi connectivity index (χ1) is 14.5. The van der Waals surface area contributed by atoms with Crippen molar-refractivity contribution < 1.29 is 14.3 Å². The topological polar surface area (TPSA) is 67.4 Å². The third-order valence-corrected chi connectivity index (χ3v) is 4.79. The van der Waals surface area contributed by atoms with E-state index in [0.717, 1.165) is 16.3 Å². The van der Waals surface area contributed by atoms with Crippen molar-refractivity contribution in [3.05, 3.63) is 82.3 Å². The van der Waals surface area contributed by atoms with Gasteiger partial charge in [0.2, 0.25) is 5.91 Å². The number of hydrazine groups is 1. The van der Waals surface area contributed by atoms with Gasteiger partial charge in [0.15, 0.2) is 0 Å². The zero-order chi connectivity index (χ0) is 21.3. The molecule has 0 atom stereocenters. The average Bonchev–Trinajstić information content (AvgIpc) is 2.75. The number of ether oxygens (including phenoxy) is 1. The van der Waals surface area contributed by atoms with E-state index in [4.69, 9.17) is 27.9 Å². The number of amides is 2. The molecule has 0 bridgehead atoms. The smallest absolute Gasteiger partial charge is 0.262 e. The van der Waals surface area contributed by atoms with Crippen molar-refractivity contribution in [3.63, 3.8) is 0 Å². The van der Waals surface area contributed by atoms with E-state index in [1.807, 2.05) is 42.5 Å². The van der Waals surface area contributed by atoms with Crippen LogP contribution in [0.15, 0.2) is 66.7 Å². The number of hydrogen-bond acceptors (Lipinski definition) is 3. The highest BCUT2D eigenvalue weighted by atomic mass is 35.5. The van der Waals surface area contributed by atoms with Crippen molar-refractivity contribution in [1.29, 1.82) is 0 Å². The summed E-state index contributed by atoms with van der Waals surface area (Å²) in [6.07, 6.45) is 3.76. The molecule has 0 aliphatic rings. The lowest BCUT2D eigenvalue weighted by Gasteiger charge is -2.08. The van der Waals surface area contributed by atoms with Crippen LogP contribution >= 0.6 is 23.2 Å². The predicted molar refractivity (Wildman–Crippen MR) is 120 cm³/mol. The van der Waals surface area contributed by atoms with Gasteiger partial charge in [-0.1, -0.05) is 65.7 Å². The molecule has 3 rings (SSSR count). The molecular formula is C23H20Cl2N2O3. The molecule has 0 spiro atoms.